The molecule has 0 saturated carbocycles. The van der Waals surface area contributed by atoms with E-state index in [1.807, 2.05) is 13.1 Å². The van der Waals surface area contributed by atoms with Gasteiger partial charge in [0.1, 0.15) is 5.76 Å². The summed E-state index contributed by atoms with van der Waals surface area (Å²) in [5.74, 6) is 0.954. The molecule has 0 aromatic carbocycles. The summed E-state index contributed by atoms with van der Waals surface area (Å²) in [7, 11) is 1.95. The van der Waals surface area contributed by atoms with Crippen LogP contribution in [-0.2, 0) is 11.8 Å². The zero-order valence-electron chi connectivity index (χ0n) is 9.72. The van der Waals surface area contributed by atoms with Crippen LogP contribution < -0.4 is 5.32 Å². The van der Waals surface area contributed by atoms with E-state index in [4.69, 9.17) is 4.52 Å². The van der Waals surface area contributed by atoms with Crippen molar-refractivity contribution in [2.24, 2.45) is 0 Å². The summed E-state index contributed by atoms with van der Waals surface area (Å²) >= 11 is 0. The first-order valence-electron chi connectivity index (χ1n) is 5.07. The minimum atomic E-state index is 0.0497. The molecule has 1 heterocycles. The third kappa shape index (κ3) is 2.84. The van der Waals surface area contributed by atoms with Crippen LogP contribution in [0, 0.1) is 0 Å². The van der Waals surface area contributed by atoms with Crippen LogP contribution in [0.2, 0.25) is 0 Å². The maximum atomic E-state index is 5.30. The molecule has 0 amide bonds. The minimum Gasteiger partial charge on any atom is -0.361 e. The molecule has 3 nitrogen and oxygen atoms in total. The van der Waals surface area contributed by atoms with Crippen molar-refractivity contribution in [3.8, 4) is 0 Å². The van der Waals surface area contributed by atoms with Crippen LogP contribution >= 0.6 is 0 Å². The molecule has 1 N–H and O–H groups in total. The molecule has 1 rings (SSSR count). The molecule has 0 saturated heterocycles. The monoisotopic (exact) mass is 196 g/mol. The topological polar surface area (TPSA) is 38.1 Å². The number of rotatable bonds is 3. The van der Waals surface area contributed by atoms with E-state index >= 15 is 0 Å². The highest BCUT2D eigenvalue weighted by atomic mass is 16.5. The van der Waals surface area contributed by atoms with Gasteiger partial charge in [-0.05, 0) is 14.0 Å². The summed E-state index contributed by atoms with van der Waals surface area (Å²) in [6, 6.07) is 2.49. The Hall–Kier alpha value is -0.830. The molecular weight excluding hydrogens is 176 g/mol. The van der Waals surface area contributed by atoms with Crippen LogP contribution in [-0.4, -0.2) is 18.2 Å². The maximum Gasteiger partial charge on any atom is 0.142 e. The zero-order chi connectivity index (χ0) is 10.8. The summed E-state index contributed by atoms with van der Waals surface area (Å²) in [6.07, 6.45) is 0.913. The number of aromatic nitrogens is 1. The highest BCUT2D eigenvalue weighted by Crippen LogP contribution is 2.22. The summed E-state index contributed by atoms with van der Waals surface area (Å²) in [4.78, 5) is 0. The molecule has 0 aliphatic rings. The molecule has 0 spiro atoms. The highest BCUT2D eigenvalue weighted by molar-refractivity contribution is 5.13. The fourth-order valence-corrected chi connectivity index (χ4v) is 1.18. The molecule has 80 valence electrons. The van der Waals surface area contributed by atoms with Gasteiger partial charge < -0.3 is 9.84 Å². The SMILES string of the molecule is CNC(C)Cc1cc(C(C)(C)C)on1. The van der Waals surface area contributed by atoms with E-state index in [0.29, 0.717) is 6.04 Å². The Labute approximate surface area is 85.9 Å². The predicted octanol–water partition coefficient (Wildman–Crippen LogP) is 2.12. The molecule has 0 aliphatic carbocycles. The number of hydrogen-bond donors (Lipinski definition) is 1. The van der Waals surface area contributed by atoms with Gasteiger partial charge in [0, 0.05) is 23.9 Å². The fraction of sp³-hybridized carbons (Fsp3) is 0.727. The molecule has 0 bridgehead atoms. The average molecular weight is 196 g/mol. The third-order valence-corrected chi connectivity index (χ3v) is 2.31. The summed E-state index contributed by atoms with van der Waals surface area (Å²) < 4.78 is 5.30. The lowest BCUT2D eigenvalue weighted by atomic mass is 9.93. The summed E-state index contributed by atoms with van der Waals surface area (Å²) in [6.45, 7) is 8.50. The van der Waals surface area contributed by atoms with Gasteiger partial charge in [0.2, 0.25) is 0 Å². The van der Waals surface area contributed by atoms with Crippen molar-refractivity contribution in [2.75, 3.05) is 7.05 Å². The molecule has 1 atom stereocenters. The van der Waals surface area contributed by atoms with Gasteiger partial charge in [-0.2, -0.15) is 0 Å². The van der Waals surface area contributed by atoms with Gasteiger partial charge in [-0.25, -0.2) is 0 Å². The van der Waals surface area contributed by atoms with E-state index in [1.165, 1.54) is 0 Å². The second kappa shape index (κ2) is 4.13. The third-order valence-electron chi connectivity index (χ3n) is 2.31. The molecule has 0 aliphatic heterocycles. The standard InChI is InChI=1S/C11H20N2O/c1-8(12-5)6-9-7-10(14-13-9)11(2,3)4/h7-8,12H,6H2,1-5H3. The largest absolute Gasteiger partial charge is 0.361 e. The van der Waals surface area contributed by atoms with Gasteiger partial charge in [0.15, 0.2) is 0 Å². The van der Waals surface area contributed by atoms with Gasteiger partial charge in [0.05, 0.1) is 5.69 Å². The van der Waals surface area contributed by atoms with Gasteiger partial charge >= 0.3 is 0 Å². The van der Waals surface area contributed by atoms with E-state index in [1.54, 1.807) is 0 Å². The van der Waals surface area contributed by atoms with Crippen molar-refractivity contribution < 1.29 is 4.52 Å². The van der Waals surface area contributed by atoms with Crippen LogP contribution in [0.5, 0.6) is 0 Å². The molecule has 1 aromatic rings. The van der Waals surface area contributed by atoms with Crippen molar-refractivity contribution in [1.29, 1.82) is 0 Å². The van der Waals surface area contributed by atoms with Crippen molar-refractivity contribution in [1.82, 2.24) is 10.5 Å². The van der Waals surface area contributed by atoms with Crippen LogP contribution in [0.15, 0.2) is 10.6 Å². The Morgan fingerprint density at radius 3 is 2.57 bits per heavy atom. The first-order chi connectivity index (χ1) is 6.43. The Balaban J connectivity index is 2.69. The number of likely N-dealkylation sites (N-methyl/N-ethyl adjacent to an activating group) is 1. The molecule has 0 fully saturated rings. The van der Waals surface area contributed by atoms with Crippen molar-refractivity contribution in [2.45, 2.75) is 45.6 Å². The molecular formula is C11H20N2O. The number of nitrogens with one attached hydrogen (secondary N) is 1. The lowest BCUT2D eigenvalue weighted by Gasteiger charge is -2.12. The Morgan fingerprint density at radius 1 is 1.50 bits per heavy atom. The van der Waals surface area contributed by atoms with E-state index in [2.05, 4.69) is 38.2 Å². The van der Waals surface area contributed by atoms with Crippen LogP contribution in [0.3, 0.4) is 0 Å². The van der Waals surface area contributed by atoms with Crippen molar-refractivity contribution in [3.05, 3.63) is 17.5 Å². The van der Waals surface area contributed by atoms with Crippen molar-refractivity contribution in [3.63, 3.8) is 0 Å². The Bertz CT molecular complexity index is 286. The van der Waals surface area contributed by atoms with Crippen LogP contribution in [0.4, 0.5) is 0 Å². The zero-order valence-corrected chi connectivity index (χ0v) is 9.72. The minimum absolute atomic E-state index is 0.0497. The molecule has 0 radical (unpaired) electrons. The van der Waals surface area contributed by atoms with Gasteiger partial charge in [-0.1, -0.05) is 25.9 Å². The first-order valence-corrected chi connectivity index (χ1v) is 5.07. The smallest absolute Gasteiger partial charge is 0.142 e. The van der Waals surface area contributed by atoms with Gasteiger partial charge in [-0.3, -0.25) is 0 Å². The van der Waals surface area contributed by atoms with E-state index in [9.17, 15) is 0 Å². The number of hydrogen-bond acceptors (Lipinski definition) is 3. The number of nitrogens with zero attached hydrogens (tertiary/aromatic N) is 1. The maximum absolute atomic E-state index is 5.30. The normalized spacial score (nSPS) is 14.4. The Kier molecular flexibility index (Phi) is 3.32. The molecule has 1 unspecified atom stereocenters. The van der Waals surface area contributed by atoms with Gasteiger partial charge in [-0.15, -0.1) is 0 Å². The second-order valence-corrected chi connectivity index (χ2v) is 4.83. The highest BCUT2D eigenvalue weighted by Gasteiger charge is 2.19. The van der Waals surface area contributed by atoms with Crippen LogP contribution in [0.1, 0.15) is 39.1 Å². The Morgan fingerprint density at radius 2 is 2.14 bits per heavy atom. The van der Waals surface area contributed by atoms with Crippen molar-refractivity contribution >= 4 is 0 Å². The quantitative estimate of drug-likeness (QED) is 0.804. The second-order valence-electron chi connectivity index (χ2n) is 4.83. The molecule has 3 heteroatoms. The summed E-state index contributed by atoms with van der Waals surface area (Å²) in [5.41, 5.74) is 1.07. The van der Waals surface area contributed by atoms with E-state index in [-0.39, 0.29) is 5.41 Å². The predicted molar refractivity (Wildman–Crippen MR) is 57.4 cm³/mol. The van der Waals surface area contributed by atoms with Crippen LogP contribution in [0.25, 0.3) is 0 Å². The molecule has 14 heavy (non-hydrogen) atoms. The first kappa shape index (κ1) is 11.2. The lowest BCUT2D eigenvalue weighted by molar-refractivity contribution is 0.325. The van der Waals surface area contributed by atoms with E-state index in [0.717, 1.165) is 17.9 Å². The average Bonchev–Trinajstić information content (AvgIpc) is 2.51. The van der Waals surface area contributed by atoms with Gasteiger partial charge in [0.25, 0.3) is 0 Å². The summed E-state index contributed by atoms with van der Waals surface area (Å²) in [5, 5.41) is 7.24. The lowest BCUT2D eigenvalue weighted by Crippen LogP contribution is -2.23. The fourth-order valence-electron chi connectivity index (χ4n) is 1.18. The van der Waals surface area contributed by atoms with E-state index < -0.39 is 0 Å². The molecule has 1 aromatic heterocycles.